The van der Waals surface area contributed by atoms with Crippen molar-refractivity contribution in [3.05, 3.63) is 29.3 Å². The zero-order valence-corrected chi connectivity index (χ0v) is 10.6. The highest BCUT2D eigenvalue weighted by Gasteiger charge is 2.21. The average Bonchev–Trinajstić information content (AvgIpc) is 2.17. The normalized spacial score (nSPS) is 12.1. The first-order valence-corrected chi connectivity index (χ1v) is 6.48. The van der Waals surface area contributed by atoms with Crippen molar-refractivity contribution in [3.8, 4) is 0 Å². The van der Waals surface area contributed by atoms with E-state index in [1.165, 1.54) is 7.05 Å². The van der Waals surface area contributed by atoms with Gasteiger partial charge in [0.1, 0.15) is 0 Å². The molecule has 0 aromatic heterocycles. The van der Waals surface area contributed by atoms with Gasteiger partial charge in [-0.3, -0.25) is 0 Å². The van der Waals surface area contributed by atoms with Crippen molar-refractivity contribution in [3.63, 3.8) is 0 Å². The van der Waals surface area contributed by atoms with E-state index in [2.05, 4.69) is 0 Å². The van der Waals surface area contributed by atoms with E-state index in [0.717, 1.165) is 15.4 Å². The molecule has 0 saturated carbocycles. The van der Waals surface area contributed by atoms with Crippen molar-refractivity contribution in [1.29, 1.82) is 0 Å². The molecule has 16 heavy (non-hydrogen) atoms. The lowest BCUT2D eigenvalue weighted by molar-refractivity contribution is 0.266. The molecule has 0 saturated heterocycles. The van der Waals surface area contributed by atoms with E-state index in [0.29, 0.717) is 4.90 Å². The number of nitrogens with zero attached hydrogens (tertiary/aromatic N) is 1. The first-order valence-electron chi connectivity index (χ1n) is 5.04. The van der Waals surface area contributed by atoms with E-state index < -0.39 is 10.0 Å². The molecule has 1 aromatic carbocycles. The van der Waals surface area contributed by atoms with Gasteiger partial charge in [0.05, 0.1) is 11.5 Å². The van der Waals surface area contributed by atoms with Gasteiger partial charge in [0.15, 0.2) is 0 Å². The second-order valence-electron chi connectivity index (χ2n) is 3.82. The second kappa shape index (κ2) is 4.95. The average molecular weight is 243 g/mol. The van der Waals surface area contributed by atoms with Crippen molar-refractivity contribution in [2.75, 3.05) is 20.2 Å². The Hall–Kier alpha value is -0.910. The van der Waals surface area contributed by atoms with Gasteiger partial charge in [-0.1, -0.05) is 17.7 Å². The SMILES string of the molecule is Cc1ccc(S(=O)(=O)N(C)CCO)c(C)c1. The topological polar surface area (TPSA) is 57.6 Å². The van der Waals surface area contributed by atoms with E-state index in [9.17, 15) is 8.42 Å². The van der Waals surface area contributed by atoms with Crippen LogP contribution in [-0.4, -0.2) is 38.0 Å². The summed E-state index contributed by atoms with van der Waals surface area (Å²) in [7, 11) is -2.01. The quantitative estimate of drug-likeness (QED) is 0.855. The van der Waals surface area contributed by atoms with Gasteiger partial charge in [-0.25, -0.2) is 8.42 Å². The lowest BCUT2D eigenvalue weighted by Gasteiger charge is -2.17. The first kappa shape index (κ1) is 13.2. The Morgan fingerprint density at radius 1 is 1.31 bits per heavy atom. The zero-order chi connectivity index (χ0) is 12.3. The van der Waals surface area contributed by atoms with Crippen molar-refractivity contribution < 1.29 is 13.5 Å². The molecule has 0 bridgehead atoms. The third kappa shape index (κ3) is 2.61. The number of sulfonamides is 1. The molecule has 90 valence electrons. The number of aryl methyl sites for hydroxylation is 2. The predicted octanol–water partition coefficient (Wildman–Crippen LogP) is 0.916. The predicted molar refractivity (Wildman–Crippen MR) is 62.8 cm³/mol. The lowest BCUT2D eigenvalue weighted by Crippen LogP contribution is -2.30. The van der Waals surface area contributed by atoms with Gasteiger partial charge in [-0.15, -0.1) is 0 Å². The van der Waals surface area contributed by atoms with Gasteiger partial charge >= 0.3 is 0 Å². The Kier molecular flexibility index (Phi) is 4.07. The minimum Gasteiger partial charge on any atom is -0.395 e. The van der Waals surface area contributed by atoms with Crippen LogP contribution >= 0.6 is 0 Å². The second-order valence-corrected chi connectivity index (χ2v) is 5.83. The standard InChI is InChI=1S/C11H17NO3S/c1-9-4-5-11(10(2)8-9)16(14,15)12(3)6-7-13/h4-5,8,13H,6-7H2,1-3H3. The van der Waals surface area contributed by atoms with Crippen molar-refractivity contribution in [2.24, 2.45) is 0 Å². The summed E-state index contributed by atoms with van der Waals surface area (Å²) in [4.78, 5) is 0.300. The molecule has 0 amide bonds. The molecule has 0 unspecified atom stereocenters. The first-order chi connectivity index (χ1) is 7.39. The number of rotatable bonds is 4. The van der Waals surface area contributed by atoms with E-state index in [4.69, 9.17) is 5.11 Å². The molecule has 1 rings (SSSR count). The van der Waals surface area contributed by atoms with Crippen molar-refractivity contribution in [1.82, 2.24) is 4.31 Å². The summed E-state index contributed by atoms with van der Waals surface area (Å²) in [6.45, 7) is 3.61. The molecule has 0 heterocycles. The highest BCUT2D eigenvalue weighted by molar-refractivity contribution is 7.89. The molecule has 0 aliphatic carbocycles. The third-order valence-corrected chi connectivity index (χ3v) is 4.45. The summed E-state index contributed by atoms with van der Waals surface area (Å²) in [5, 5.41) is 8.75. The highest BCUT2D eigenvalue weighted by atomic mass is 32.2. The van der Waals surface area contributed by atoms with Crippen LogP contribution in [0.25, 0.3) is 0 Å². The summed E-state index contributed by atoms with van der Waals surface area (Å²) < 4.78 is 25.3. The minimum absolute atomic E-state index is 0.107. The Bertz CT molecular complexity index is 468. The van der Waals surface area contributed by atoms with Crippen LogP contribution in [0.15, 0.2) is 23.1 Å². The maximum atomic E-state index is 12.1. The largest absolute Gasteiger partial charge is 0.395 e. The minimum atomic E-state index is -3.48. The molecule has 0 fully saturated rings. The van der Waals surface area contributed by atoms with Gasteiger partial charge in [-0.05, 0) is 25.5 Å². The Morgan fingerprint density at radius 3 is 2.44 bits per heavy atom. The fourth-order valence-electron chi connectivity index (χ4n) is 1.52. The van der Waals surface area contributed by atoms with E-state index in [-0.39, 0.29) is 13.2 Å². The summed E-state index contributed by atoms with van der Waals surface area (Å²) in [6.07, 6.45) is 0. The smallest absolute Gasteiger partial charge is 0.243 e. The van der Waals surface area contributed by atoms with Crippen LogP contribution < -0.4 is 0 Å². The van der Waals surface area contributed by atoms with Crippen LogP contribution in [0.2, 0.25) is 0 Å². The third-order valence-electron chi connectivity index (χ3n) is 2.43. The summed E-state index contributed by atoms with van der Waals surface area (Å²) in [5.74, 6) is 0. The van der Waals surface area contributed by atoms with Crippen molar-refractivity contribution in [2.45, 2.75) is 18.7 Å². The fraction of sp³-hybridized carbons (Fsp3) is 0.455. The molecule has 1 N–H and O–H groups in total. The molecule has 4 nitrogen and oxygen atoms in total. The van der Waals surface area contributed by atoms with Crippen LogP contribution in [-0.2, 0) is 10.0 Å². The molecular weight excluding hydrogens is 226 g/mol. The van der Waals surface area contributed by atoms with Crippen LogP contribution in [0, 0.1) is 13.8 Å². The zero-order valence-electron chi connectivity index (χ0n) is 9.77. The van der Waals surface area contributed by atoms with Crippen LogP contribution in [0.1, 0.15) is 11.1 Å². The maximum absolute atomic E-state index is 12.1. The van der Waals surface area contributed by atoms with E-state index in [1.54, 1.807) is 19.1 Å². The lowest BCUT2D eigenvalue weighted by atomic mass is 10.2. The van der Waals surface area contributed by atoms with Gasteiger partial charge in [0.2, 0.25) is 10.0 Å². The Morgan fingerprint density at radius 2 is 1.94 bits per heavy atom. The van der Waals surface area contributed by atoms with Gasteiger partial charge in [-0.2, -0.15) is 4.31 Å². The molecule has 5 heteroatoms. The van der Waals surface area contributed by atoms with Gasteiger partial charge < -0.3 is 5.11 Å². The molecule has 0 spiro atoms. The van der Waals surface area contributed by atoms with Crippen LogP contribution in [0.3, 0.4) is 0 Å². The number of likely N-dealkylation sites (N-methyl/N-ethyl adjacent to an activating group) is 1. The summed E-state index contributed by atoms with van der Waals surface area (Å²) in [6, 6.07) is 5.21. The molecule has 0 aliphatic heterocycles. The van der Waals surface area contributed by atoms with Gasteiger partial charge in [0.25, 0.3) is 0 Å². The molecule has 0 atom stereocenters. The van der Waals surface area contributed by atoms with E-state index >= 15 is 0 Å². The number of hydrogen-bond acceptors (Lipinski definition) is 3. The van der Waals surface area contributed by atoms with Crippen LogP contribution in [0.5, 0.6) is 0 Å². The molecular formula is C11H17NO3S. The van der Waals surface area contributed by atoms with E-state index in [1.807, 2.05) is 13.0 Å². The Labute approximate surface area is 96.6 Å². The summed E-state index contributed by atoms with van der Waals surface area (Å²) in [5.41, 5.74) is 1.76. The molecule has 0 radical (unpaired) electrons. The van der Waals surface area contributed by atoms with Gasteiger partial charge in [0, 0.05) is 13.6 Å². The fourth-order valence-corrected chi connectivity index (χ4v) is 2.88. The number of aliphatic hydroxyl groups excluding tert-OH is 1. The molecule has 0 aliphatic rings. The summed E-state index contributed by atoms with van der Waals surface area (Å²) >= 11 is 0. The van der Waals surface area contributed by atoms with Crippen LogP contribution in [0.4, 0.5) is 0 Å². The number of aliphatic hydroxyl groups is 1. The Balaban J connectivity index is 3.17. The number of hydrogen-bond donors (Lipinski definition) is 1. The molecule has 1 aromatic rings. The number of benzene rings is 1. The maximum Gasteiger partial charge on any atom is 0.243 e. The highest BCUT2D eigenvalue weighted by Crippen LogP contribution is 2.19. The monoisotopic (exact) mass is 243 g/mol. The van der Waals surface area contributed by atoms with Crippen molar-refractivity contribution >= 4 is 10.0 Å².